The van der Waals surface area contributed by atoms with E-state index in [1.54, 1.807) is 0 Å². The Morgan fingerprint density at radius 3 is 2.62 bits per heavy atom. The minimum Gasteiger partial charge on any atom is -0.0772 e. The van der Waals surface area contributed by atoms with Gasteiger partial charge in [0.15, 0.2) is 5.66 Å². The molecule has 0 saturated heterocycles. The van der Waals surface area contributed by atoms with Gasteiger partial charge < -0.3 is 0 Å². The summed E-state index contributed by atoms with van der Waals surface area (Å²) >= 11 is 0. The molecule has 2 heteroatoms. The van der Waals surface area contributed by atoms with Crippen molar-refractivity contribution in [2.45, 2.75) is 38.8 Å². The second-order valence-electron chi connectivity index (χ2n) is 2.16. The van der Waals surface area contributed by atoms with Crippen LogP contribution < -0.4 is 0 Å². The van der Waals surface area contributed by atoms with E-state index >= 15 is 0 Å². The number of rotatable bonds is 4. The van der Waals surface area contributed by atoms with E-state index in [0.717, 1.165) is 6.42 Å². The predicted molar refractivity (Wildman–Crippen MR) is 38.0 cm³/mol. The molecule has 2 atom stereocenters. The second-order valence-corrected chi connectivity index (χ2v) is 3.38. The summed E-state index contributed by atoms with van der Waals surface area (Å²) < 4.78 is 10.2. The summed E-state index contributed by atoms with van der Waals surface area (Å²) in [6.07, 6.45) is 3.56. The SMILES string of the molecule is CCCCC(C)[PH+]=O. The van der Waals surface area contributed by atoms with E-state index in [4.69, 9.17) is 0 Å². The largest absolute Gasteiger partial charge is 0.327 e. The Morgan fingerprint density at radius 1 is 1.62 bits per heavy atom. The van der Waals surface area contributed by atoms with Crippen molar-refractivity contribution in [2.75, 3.05) is 0 Å². The van der Waals surface area contributed by atoms with Gasteiger partial charge in [0.05, 0.1) is 0 Å². The quantitative estimate of drug-likeness (QED) is 0.538. The van der Waals surface area contributed by atoms with Gasteiger partial charge >= 0.3 is 8.46 Å². The van der Waals surface area contributed by atoms with E-state index in [2.05, 4.69) is 6.92 Å². The van der Waals surface area contributed by atoms with E-state index in [-0.39, 0.29) is 8.46 Å². The molecule has 0 aromatic heterocycles. The molecule has 0 aromatic rings. The third-order valence-corrected chi connectivity index (χ3v) is 1.88. The van der Waals surface area contributed by atoms with E-state index in [1.165, 1.54) is 12.8 Å². The Kier molecular flexibility index (Phi) is 5.31. The Morgan fingerprint density at radius 2 is 2.25 bits per heavy atom. The lowest BCUT2D eigenvalue weighted by molar-refractivity contribution is 0.585. The van der Waals surface area contributed by atoms with Crippen LogP contribution in [-0.2, 0) is 4.57 Å². The van der Waals surface area contributed by atoms with Gasteiger partial charge in [-0.05, 0) is 19.8 Å². The molecule has 0 spiro atoms. The molecule has 0 aliphatic heterocycles. The number of unbranched alkanes of at least 4 members (excludes halogenated alkanes) is 1. The molecule has 48 valence electrons. The summed E-state index contributed by atoms with van der Waals surface area (Å²) in [6, 6.07) is 0. The Balaban J connectivity index is 2.98. The standard InChI is InChI=1S/C6H13OP/c1-3-4-5-6(2)8-7/h6H,3-5H2,1-2H3/p+1. The zero-order chi connectivity index (χ0) is 6.41. The maximum Gasteiger partial charge on any atom is 0.327 e. The molecule has 0 amide bonds. The average Bonchev–Trinajstić information content (AvgIpc) is 1.83. The molecule has 0 fully saturated rings. The molecule has 8 heavy (non-hydrogen) atoms. The molecular weight excluding hydrogens is 119 g/mol. The first-order chi connectivity index (χ1) is 3.81. The first kappa shape index (κ1) is 8.10. The van der Waals surface area contributed by atoms with Gasteiger partial charge in [0, 0.05) is 0 Å². The first-order valence-corrected chi connectivity index (χ1v) is 4.17. The molecule has 0 aliphatic rings. The van der Waals surface area contributed by atoms with Gasteiger partial charge in [-0.2, -0.15) is 0 Å². The van der Waals surface area contributed by atoms with Crippen LogP contribution in [0.1, 0.15) is 33.1 Å². The van der Waals surface area contributed by atoms with Crippen molar-refractivity contribution >= 4 is 8.46 Å². The van der Waals surface area contributed by atoms with Crippen molar-refractivity contribution in [2.24, 2.45) is 0 Å². The van der Waals surface area contributed by atoms with Crippen molar-refractivity contribution in [3.8, 4) is 0 Å². The topological polar surface area (TPSA) is 17.1 Å². The lowest BCUT2D eigenvalue weighted by Crippen LogP contribution is -1.88. The van der Waals surface area contributed by atoms with Crippen molar-refractivity contribution in [1.82, 2.24) is 0 Å². The van der Waals surface area contributed by atoms with E-state index in [1.807, 2.05) is 6.92 Å². The van der Waals surface area contributed by atoms with Crippen LogP contribution in [0.4, 0.5) is 0 Å². The maximum atomic E-state index is 10.2. The van der Waals surface area contributed by atoms with Gasteiger partial charge in [-0.25, -0.2) is 0 Å². The zero-order valence-corrected chi connectivity index (χ0v) is 6.61. The van der Waals surface area contributed by atoms with E-state index in [0.29, 0.717) is 5.66 Å². The van der Waals surface area contributed by atoms with Crippen molar-refractivity contribution in [3.05, 3.63) is 0 Å². The lowest BCUT2D eigenvalue weighted by atomic mass is 10.2. The monoisotopic (exact) mass is 133 g/mol. The fourth-order valence-electron chi connectivity index (χ4n) is 0.569. The van der Waals surface area contributed by atoms with Crippen LogP contribution in [0.3, 0.4) is 0 Å². The second kappa shape index (κ2) is 5.24. The maximum absolute atomic E-state index is 10.2. The predicted octanol–water partition coefficient (Wildman–Crippen LogP) is 2.59. The zero-order valence-electron chi connectivity index (χ0n) is 5.61. The highest BCUT2D eigenvalue weighted by molar-refractivity contribution is 7.24. The number of hydrogen-bond acceptors (Lipinski definition) is 1. The molecule has 1 nitrogen and oxygen atoms in total. The van der Waals surface area contributed by atoms with Gasteiger partial charge in [0.1, 0.15) is 0 Å². The first-order valence-electron chi connectivity index (χ1n) is 3.19. The van der Waals surface area contributed by atoms with Crippen LogP contribution in [0.2, 0.25) is 0 Å². The number of hydrogen-bond donors (Lipinski definition) is 0. The third kappa shape index (κ3) is 4.26. The van der Waals surface area contributed by atoms with E-state index in [9.17, 15) is 4.57 Å². The van der Waals surface area contributed by atoms with Gasteiger partial charge in [-0.3, -0.25) is 0 Å². The van der Waals surface area contributed by atoms with Crippen molar-refractivity contribution in [1.29, 1.82) is 0 Å². The molecule has 0 aromatic carbocycles. The Bertz CT molecular complexity index is 63.5. The molecule has 0 radical (unpaired) electrons. The van der Waals surface area contributed by atoms with Crippen molar-refractivity contribution < 1.29 is 4.57 Å². The van der Waals surface area contributed by atoms with Gasteiger partial charge in [-0.1, -0.05) is 17.9 Å². The summed E-state index contributed by atoms with van der Waals surface area (Å²) in [5.41, 5.74) is 0.426. The molecule has 0 saturated carbocycles. The van der Waals surface area contributed by atoms with Crippen LogP contribution in [0.15, 0.2) is 0 Å². The van der Waals surface area contributed by atoms with Crippen LogP contribution in [0.5, 0.6) is 0 Å². The molecule has 0 N–H and O–H groups in total. The summed E-state index contributed by atoms with van der Waals surface area (Å²) in [5, 5.41) is 0. The summed E-state index contributed by atoms with van der Waals surface area (Å²) in [6.45, 7) is 4.18. The highest BCUT2D eigenvalue weighted by Crippen LogP contribution is 2.12. The third-order valence-electron chi connectivity index (χ3n) is 1.19. The lowest BCUT2D eigenvalue weighted by Gasteiger charge is -1.91. The highest BCUT2D eigenvalue weighted by Gasteiger charge is 2.05. The van der Waals surface area contributed by atoms with Crippen LogP contribution in [0.25, 0.3) is 0 Å². The van der Waals surface area contributed by atoms with Crippen LogP contribution in [-0.4, -0.2) is 5.66 Å². The van der Waals surface area contributed by atoms with Crippen LogP contribution >= 0.6 is 8.46 Å². The van der Waals surface area contributed by atoms with Gasteiger partial charge in [-0.15, -0.1) is 0 Å². The highest BCUT2D eigenvalue weighted by atomic mass is 31.1. The fourth-order valence-corrected chi connectivity index (χ4v) is 0.891. The minimum absolute atomic E-state index is 0.109. The smallest absolute Gasteiger partial charge is 0.0772 e. The van der Waals surface area contributed by atoms with E-state index < -0.39 is 0 Å². The minimum atomic E-state index is -0.109. The Labute approximate surface area is 52.7 Å². The van der Waals surface area contributed by atoms with Crippen LogP contribution in [0, 0.1) is 0 Å². The molecule has 0 rings (SSSR count). The molecule has 0 heterocycles. The molecule has 0 aliphatic carbocycles. The summed E-state index contributed by atoms with van der Waals surface area (Å²) in [5.74, 6) is 0. The van der Waals surface area contributed by atoms with Gasteiger partial charge in [0.2, 0.25) is 0 Å². The normalized spacial score (nSPS) is 14.2. The summed E-state index contributed by atoms with van der Waals surface area (Å²) in [4.78, 5) is 0. The van der Waals surface area contributed by atoms with Gasteiger partial charge in [0.25, 0.3) is 0 Å². The average molecular weight is 133 g/mol. The van der Waals surface area contributed by atoms with Crippen molar-refractivity contribution in [3.63, 3.8) is 0 Å². The summed E-state index contributed by atoms with van der Waals surface area (Å²) in [7, 11) is -0.109. The molecular formula is C6H14OP+. The fraction of sp³-hybridized carbons (Fsp3) is 1.00. The molecule has 2 unspecified atom stereocenters. The molecule has 0 bridgehead atoms. The Hall–Kier alpha value is 0.100.